The molecule has 25 heavy (non-hydrogen) atoms. The summed E-state index contributed by atoms with van der Waals surface area (Å²) in [5.41, 5.74) is 2.17. The lowest BCUT2D eigenvalue weighted by atomic mass is 10.1. The van der Waals surface area contributed by atoms with Gasteiger partial charge in [-0.3, -0.25) is 9.98 Å². The zero-order valence-corrected chi connectivity index (χ0v) is 15.4. The molecular weight excluding hydrogens is 314 g/mol. The molecule has 2 aromatic rings. The zero-order valence-electron chi connectivity index (χ0n) is 15.4. The van der Waals surface area contributed by atoms with E-state index in [2.05, 4.69) is 51.7 Å². The van der Waals surface area contributed by atoms with E-state index in [9.17, 15) is 0 Å². The number of nitrogens with zero attached hydrogens (tertiary/aromatic N) is 3. The fourth-order valence-corrected chi connectivity index (χ4v) is 2.54. The van der Waals surface area contributed by atoms with Crippen LogP contribution in [0.4, 0.5) is 0 Å². The van der Waals surface area contributed by atoms with Crippen molar-refractivity contribution in [3.05, 3.63) is 59.9 Å². The van der Waals surface area contributed by atoms with Gasteiger partial charge in [0.1, 0.15) is 5.75 Å². The van der Waals surface area contributed by atoms with E-state index in [1.54, 1.807) is 20.4 Å². The molecule has 1 atom stereocenters. The third-order valence-electron chi connectivity index (χ3n) is 3.95. The summed E-state index contributed by atoms with van der Waals surface area (Å²) >= 11 is 0. The average molecular weight is 341 g/mol. The minimum atomic E-state index is 0.198. The molecule has 134 valence electrons. The molecule has 0 saturated carbocycles. The highest BCUT2D eigenvalue weighted by atomic mass is 16.5. The normalized spacial score (nSPS) is 12.8. The molecule has 2 rings (SSSR count). The highest BCUT2D eigenvalue weighted by molar-refractivity contribution is 5.79. The molecule has 0 spiro atoms. The highest BCUT2D eigenvalue weighted by Gasteiger charge is 2.15. The molecule has 0 aliphatic rings. The van der Waals surface area contributed by atoms with Crippen LogP contribution in [0, 0.1) is 0 Å². The van der Waals surface area contributed by atoms with Gasteiger partial charge >= 0.3 is 0 Å². The van der Waals surface area contributed by atoms with E-state index in [4.69, 9.17) is 4.74 Å². The first kappa shape index (κ1) is 18.7. The fraction of sp³-hybridized carbons (Fsp3) is 0.368. The average Bonchev–Trinajstić information content (AvgIpc) is 2.65. The minimum absolute atomic E-state index is 0.198. The van der Waals surface area contributed by atoms with E-state index in [1.807, 2.05) is 30.3 Å². The standard InChI is InChI=1S/C19H27N5O/c1-20-19(22-13-16-9-5-6-11-21-16)23-14-18(24(2)3)15-8-7-10-17(12-15)25-4/h5-12,18H,13-14H2,1-4H3,(H2,20,22,23). The number of guanidine groups is 1. The predicted molar refractivity (Wildman–Crippen MR) is 102 cm³/mol. The highest BCUT2D eigenvalue weighted by Crippen LogP contribution is 2.21. The molecule has 1 heterocycles. The summed E-state index contributed by atoms with van der Waals surface area (Å²) in [6, 6.07) is 14.2. The summed E-state index contributed by atoms with van der Waals surface area (Å²) in [4.78, 5) is 10.8. The molecule has 0 bridgehead atoms. The molecule has 2 N–H and O–H groups in total. The van der Waals surface area contributed by atoms with Gasteiger partial charge in [-0.05, 0) is 43.9 Å². The molecule has 1 aromatic heterocycles. The van der Waals surface area contributed by atoms with Crippen LogP contribution in [-0.2, 0) is 6.54 Å². The second-order valence-electron chi connectivity index (χ2n) is 5.88. The van der Waals surface area contributed by atoms with Crippen molar-refractivity contribution in [2.24, 2.45) is 4.99 Å². The number of ether oxygens (including phenoxy) is 1. The summed E-state index contributed by atoms with van der Waals surface area (Å²) < 4.78 is 5.34. The maximum absolute atomic E-state index is 5.34. The number of likely N-dealkylation sites (N-methyl/N-ethyl adjacent to an activating group) is 1. The Morgan fingerprint density at radius 3 is 2.68 bits per heavy atom. The van der Waals surface area contributed by atoms with Gasteiger partial charge in [-0.2, -0.15) is 0 Å². The van der Waals surface area contributed by atoms with E-state index >= 15 is 0 Å². The Morgan fingerprint density at radius 1 is 1.20 bits per heavy atom. The zero-order chi connectivity index (χ0) is 18.1. The largest absolute Gasteiger partial charge is 0.497 e. The van der Waals surface area contributed by atoms with Crippen LogP contribution in [0.25, 0.3) is 0 Å². The van der Waals surface area contributed by atoms with Crippen LogP contribution < -0.4 is 15.4 Å². The molecule has 0 saturated heterocycles. The van der Waals surface area contributed by atoms with Crippen molar-refractivity contribution in [1.29, 1.82) is 0 Å². The first-order valence-corrected chi connectivity index (χ1v) is 8.29. The van der Waals surface area contributed by atoms with Crippen LogP contribution in [-0.4, -0.2) is 50.6 Å². The number of benzene rings is 1. The third kappa shape index (κ3) is 5.76. The SMILES string of the molecule is CN=C(NCc1ccccn1)NCC(c1cccc(OC)c1)N(C)C. The summed E-state index contributed by atoms with van der Waals surface area (Å²) in [5.74, 6) is 1.61. The van der Waals surface area contributed by atoms with Gasteiger partial charge in [0.25, 0.3) is 0 Å². The van der Waals surface area contributed by atoms with Crippen LogP contribution in [0.3, 0.4) is 0 Å². The molecule has 6 heteroatoms. The fourth-order valence-electron chi connectivity index (χ4n) is 2.54. The Labute approximate surface area is 149 Å². The number of pyridine rings is 1. The number of aromatic nitrogens is 1. The van der Waals surface area contributed by atoms with E-state index in [0.29, 0.717) is 6.54 Å². The van der Waals surface area contributed by atoms with Gasteiger partial charge in [0.2, 0.25) is 0 Å². The number of methoxy groups -OCH3 is 1. The number of aliphatic imine (C=N–C) groups is 1. The van der Waals surface area contributed by atoms with Crippen molar-refractivity contribution in [1.82, 2.24) is 20.5 Å². The third-order valence-corrected chi connectivity index (χ3v) is 3.95. The van der Waals surface area contributed by atoms with E-state index in [0.717, 1.165) is 23.9 Å². The minimum Gasteiger partial charge on any atom is -0.497 e. The molecule has 0 aliphatic carbocycles. The summed E-state index contributed by atoms with van der Waals surface area (Å²) in [7, 11) is 7.58. The predicted octanol–water partition coefficient (Wildman–Crippen LogP) is 2.06. The van der Waals surface area contributed by atoms with Crippen LogP contribution >= 0.6 is 0 Å². The van der Waals surface area contributed by atoms with Crippen molar-refractivity contribution < 1.29 is 4.74 Å². The van der Waals surface area contributed by atoms with Gasteiger partial charge < -0.3 is 20.3 Å². The maximum Gasteiger partial charge on any atom is 0.191 e. The summed E-state index contributed by atoms with van der Waals surface area (Å²) in [5, 5.41) is 6.67. The van der Waals surface area contributed by atoms with Crippen LogP contribution in [0.15, 0.2) is 53.7 Å². The van der Waals surface area contributed by atoms with Gasteiger partial charge in [-0.25, -0.2) is 0 Å². The topological polar surface area (TPSA) is 61.8 Å². The van der Waals surface area contributed by atoms with Gasteiger partial charge in [-0.1, -0.05) is 18.2 Å². The van der Waals surface area contributed by atoms with Gasteiger partial charge in [0.05, 0.1) is 25.4 Å². The van der Waals surface area contributed by atoms with E-state index < -0.39 is 0 Å². The number of hydrogen-bond acceptors (Lipinski definition) is 4. The van der Waals surface area contributed by atoms with Crippen molar-refractivity contribution in [2.45, 2.75) is 12.6 Å². The smallest absolute Gasteiger partial charge is 0.191 e. The Hall–Kier alpha value is -2.60. The Balaban J connectivity index is 1.96. The van der Waals surface area contributed by atoms with Gasteiger partial charge in [0.15, 0.2) is 5.96 Å². The second-order valence-corrected chi connectivity index (χ2v) is 5.88. The molecule has 0 radical (unpaired) electrons. The van der Waals surface area contributed by atoms with Crippen LogP contribution in [0.5, 0.6) is 5.75 Å². The number of hydrogen-bond donors (Lipinski definition) is 2. The van der Waals surface area contributed by atoms with E-state index in [1.165, 1.54) is 5.56 Å². The summed E-state index contributed by atoms with van der Waals surface area (Å²) in [6.07, 6.45) is 1.79. The monoisotopic (exact) mass is 341 g/mol. The number of nitrogens with one attached hydrogen (secondary N) is 2. The van der Waals surface area contributed by atoms with Crippen LogP contribution in [0.2, 0.25) is 0 Å². The molecular formula is C19H27N5O. The van der Waals surface area contributed by atoms with Crippen LogP contribution in [0.1, 0.15) is 17.3 Å². The van der Waals surface area contributed by atoms with Gasteiger partial charge in [-0.15, -0.1) is 0 Å². The Kier molecular flexibility index (Phi) is 7.22. The molecule has 0 aliphatic heterocycles. The van der Waals surface area contributed by atoms with Crippen molar-refractivity contribution in [3.63, 3.8) is 0 Å². The second kappa shape index (κ2) is 9.64. The van der Waals surface area contributed by atoms with Crippen molar-refractivity contribution in [2.75, 3.05) is 34.8 Å². The van der Waals surface area contributed by atoms with Gasteiger partial charge in [0, 0.05) is 19.8 Å². The van der Waals surface area contributed by atoms with Crippen molar-refractivity contribution >= 4 is 5.96 Å². The Bertz CT molecular complexity index is 673. The lowest BCUT2D eigenvalue weighted by molar-refractivity contribution is 0.297. The lowest BCUT2D eigenvalue weighted by Gasteiger charge is -2.26. The molecule has 6 nitrogen and oxygen atoms in total. The summed E-state index contributed by atoms with van der Waals surface area (Å²) in [6.45, 7) is 1.36. The lowest BCUT2D eigenvalue weighted by Crippen LogP contribution is -2.41. The first-order chi connectivity index (χ1) is 12.1. The van der Waals surface area contributed by atoms with E-state index in [-0.39, 0.29) is 6.04 Å². The quantitative estimate of drug-likeness (QED) is 0.596. The Morgan fingerprint density at radius 2 is 2.04 bits per heavy atom. The molecule has 0 amide bonds. The number of rotatable bonds is 7. The molecule has 0 fully saturated rings. The molecule has 1 aromatic carbocycles. The van der Waals surface area contributed by atoms with Crippen molar-refractivity contribution in [3.8, 4) is 5.75 Å². The molecule has 1 unspecified atom stereocenters. The maximum atomic E-state index is 5.34. The first-order valence-electron chi connectivity index (χ1n) is 8.29.